The maximum absolute atomic E-state index is 6.11. The van der Waals surface area contributed by atoms with Crippen LogP contribution >= 0.6 is 34.2 Å². The Morgan fingerprint density at radius 1 is 1.45 bits per heavy atom. The molecule has 2 atom stereocenters. The van der Waals surface area contributed by atoms with E-state index in [2.05, 4.69) is 58.8 Å². The summed E-state index contributed by atoms with van der Waals surface area (Å²) < 4.78 is 1.26. The number of piperazine rings is 1. The molecule has 4 heteroatoms. The SMILES string of the molecule is CCC1CNC(C)(C2CC2)CN1c1ccc(Cl)cc1I. The standard InChI is InChI=1S/C16H22ClIN2/c1-3-13-9-19-16(2,11-4-5-11)10-20(13)15-7-6-12(17)8-14(15)18/h6-8,11,13,19H,3-5,9-10H2,1-2H3. The van der Waals surface area contributed by atoms with Gasteiger partial charge in [0.1, 0.15) is 0 Å². The minimum absolute atomic E-state index is 0.272. The molecule has 2 aliphatic rings. The Hall–Kier alpha value is -0.000000000000000111. The molecule has 0 aromatic heterocycles. The fourth-order valence-corrected chi connectivity index (χ4v) is 4.54. The van der Waals surface area contributed by atoms with Crippen LogP contribution in [0.2, 0.25) is 5.02 Å². The zero-order valence-corrected chi connectivity index (χ0v) is 15.0. The molecule has 1 aromatic carbocycles. The number of rotatable bonds is 3. The van der Waals surface area contributed by atoms with Crippen LogP contribution in [0.15, 0.2) is 18.2 Å². The second-order valence-corrected chi connectivity index (χ2v) is 7.96. The highest BCUT2D eigenvalue weighted by Crippen LogP contribution is 2.43. The van der Waals surface area contributed by atoms with Crippen molar-refractivity contribution in [2.45, 2.75) is 44.7 Å². The van der Waals surface area contributed by atoms with Crippen molar-refractivity contribution in [3.05, 3.63) is 26.8 Å². The zero-order chi connectivity index (χ0) is 14.3. The first-order valence-corrected chi connectivity index (χ1v) is 8.96. The van der Waals surface area contributed by atoms with Crippen molar-refractivity contribution in [2.24, 2.45) is 5.92 Å². The van der Waals surface area contributed by atoms with Gasteiger partial charge in [-0.15, -0.1) is 0 Å². The van der Waals surface area contributed by atoms with Crippen molar-refractivity contribution in [3.8, 4) is 0 Å². The predicted octanol–water partition coefficient (Wildman–Crippen LogP) is 4.30. The summed E-state index contributed by atoms with van der Waals surface area (Å²) in [6.07, 6.45) is 3.93. The maximum Gasteiger partial charge on any atom is 0.0506 e. The van der Waals surface area contributed by atoms with E-state index in [4.69, 9.17) is 11.6 Å². The number of halogens is 2. The second kappa shape index (κ2) is 5.65. The molecule has 0 spiro atoms. The third-order valence-corrected chi connectivity index (χ3v) is 5.95. The lowest BCUT2D eigenvalue weighted by Crippen LogP contribution is -2.64. The summed E-state index contributed by atoms with van der Waals surface area (Å²) in [5.74, 6) is 0.854. The highest BCUT2D eigenvalue weighted by molar-refractivity contribution is 14.1. The van der Waals surface area contributed by atoms with Gasteiger partial charge in [-0.3, -0.25) is 0 Å². The van der Waals surface area contributed by atoms with Gasteiger partial charge >= 0.3 is 0 Å². The molecule has 20 heavy (non-hydrogen) atoms. The second-order valence-electron chi connectivity index (χ2n) is 6.36. The Bertz CT molecular complexity index is 503. The third-order valence-electron chi connectivity index (χ3n) is 4.85. The van der Waals surface area contributed by atoms with Crippen LogP contribution in [0.1, 0.15) is 33.1 Å². The lowest BCUT2D eigenvalue weighted by Gasteiger charge is -2.48. The molecule has 2 fully saturated rings. The normalized spacial score (nSPS) is 30.6. The molecular formula is C16H22ClIN2. The summed E-state index contributed by atoms with van der Waals surface area (Å²) in [4.78, 5) is 2.60. The highest BCUT2D eigenvalue weighted by Gasteiger charge is 2.46. The van der Waals surface area contributed by atoms with Gasteiger partial charge in [0.2, 0.25) is 0 Å². The van der Waals surface area contributed by atoms with E-state index in [9.17, 15) is 0 Å². The van der Waals surface area contributed by atoms with E-state index in [0.29, 0.717) is 6.04 Å². The summed E-state index contributed by atoms with van der Waals surface area (Å²) in [6, 6.07) is 6.85. The molecule has 1 aromatic rings. The largest absolute Gasteiger partial charge is 0.365 e. The van der Waals surface area contributed by atoms with Crippen LogP contribution in [0.4, 0.5) is 5.69 Å². The molecule has 1 N–H and O–H groups in total. The first-order chi connectivity index (χ1) is 9.53. The third kappa shape index (κ3) is 2.81. The van der Waals surface area contributed by atoms with E-state index < -0.39 is 0 Å². The molecule has 110 valence electrons. The van der Waals surface area contributed by atoms with Gasteiger partial charge in [-0.05, 0) is 72.9 Å². The minimum atomic E-state index is 0.272. The van der Waals surface area contributed by atoms with Crippen LogP contribution in [-0.2, 0) is 0 Å². The lowest BCUT2D eigenvalue weighted by molar-refractivity contribution is 0.252. The molecule has 1 saturated carbocycles. The summed E-state index contributed by atoms with van der Waals surface area (Å²) in [5.41, 5.74) is 1.62. The minimum Gasteiger partial charge on any atom is -0.365 e. The highest BCUT2D eigenvalue weighted by atomic mass is 127. The molecule has 1 heterocycles. The Kier molecular flexibility index (Phi) is 4.22. The van der Waals surface area contributed by atoms with Crippen molar-refractivity contribution in [2.75, 3.05) is 18.0 Å². The summed E-state index contributed by atoms with van der Waals surface area (Å²) in [6.45, 7) is 6.87. The number of anilines is 1. The molecule has 0 radical (unpaired) electrons. The molecular weight excluding hydrogens is 383 g/mol. The van der Waals surface area contributed by atoms with Crippen molar-refractivity contribution in [1.82, 2.24) is 5.32 Å². The van der Waals surface area contributed by atoms with E-state index in [0.717, 1.165) is 24.0 Å². The first kappa shape index (κ1) is 14.9. The topological polar surface area (TPSA) is 15.3 Å². The number of nitrogens with zero attached hydrogens (tertiary/aromatic N) is 1. The van der Waals surface area contributed by atoms with Gasteiger partial charge in [-0.2, -0.15) is 0 Å². The van der Waals surface area contributed by atoms with Crippen LogP contribution < -0.4 is 10.2 Å². The van der Waals surface area contributed by atoms with Gasteiger partial charge in [0, 0.05) is 33.3 Å². The number of benzene rings is 1. The smallest absolute Gasteiger partial charge is 0.0506 e. The fourth-order valence-electron chi connectivity index (χ4n) is 3.35. The van der Waals surface area contributed by atoms with Crippen LogP contribution in [0.25, 0.3) is 0 Å². The van der Waals surface area contributed by atoms with Gasteiger partial charge in [0.15, 0.2) is 0 Å². The predicted molar refractivity (Wildman–Crippen MR) is 94.7 cm³/mol. The van der Waals surface area contributed by atoms with E-state index >= 15 is 0 Å². The summed E-state index contributed by atoms with van der Waals surface area (Å²) >= 11 is 8.52. The molecule has 1 saturated heterocycles. The van der Waals surface area contributed by atoms with Crippen molar-refractivity contribution in [1.29, 1.82) is 0 Å². The van der Waals surface area contributed by atoms with E-state index in [-0.39, 0.29) is 5.54 Å². The lowest BCUT2D eigenvalue weighted by atomic mass is 9.90. The van der Waals surface area contributed by atoms with E-state index in [1.807, 2.05) is 6.07 Å². The molecule has 1 aliphatic heterocycles. The van der Waals surface area contributed by atoms with Crippen LogP contribution in [0, 0.1) is 9.49 Å². The quantitative estimate of drug-likeness (QED) is 0.756. The van der Waals surface area contributed by atoms with Crippen molar-refractivity contribution >= 4 is 39.9 Å². The molecule has 1 aliphatic carbocycles. The van der Waals surface area contributed by atoms with Gasteiger partial charge in [0.05, 0.1) is 5.69 Å². The van der Waals surface area contributed by atoms with Crippen LogP contribution in [0.5, 0.6) is 0 Å². The van der Waals surface area contributed by atoms with Gasteiger partial charge in [-0.1, -0.05) is 18.5 Å². The Balaban J connectivity index is 1.90. The van der Waals surface area contributed by atoms with Crippen molar-refractivity contribution in [3.63, 3.8) is 0 Å². The van der Waals surface area contributed by atoms with Gasteiger partial charge in [-0.25, -0.2) is 0 Å². The molecule has 3 rings (SSSR count). The van der Waals surface area contributed by atoms with E-state index in [1.165, 1.54) is 28.5 Å². The van der Waals surface area contributed by atoms with Crippen LogP contribution in [-0.4, -0.2) is 24.7 Å². The summed E-state index contributed by atoms with van der Waals surface area (Å²) in [5, 5.41) is 4.64. The van der Waals surface area contributed by atoms with Crippen LogP contribution in [0.3, 0.4) is 0 Å². The molecule has 2 nitrogen and oxygen atoms in total. The number of hydrogen-bond acceptors (Lipinski definition) is 2. The van der Waals surface area contributed by atoms with E-state index in [1.54, 1.807) is 0 Å². The first-order valence-electron chi connectivity index (χ1n) is 7.50. The average Bonchev–Trinajstić information content (AvgIpc) is 3.23. The molecule has 0 amide bonds. The fraction of sp³-hybridized carbons (Fsp3) is 0.625. The Morgan fingerprint density at radius 2 is 2.20 bits per heavy atom. The maximum atomic E-state index is 6.11. The average molecular weight is 405 g/mol. The van der Waals surface area contributed by atoms with Gasteiger partial charge < -0.3 is 10.2 Å². The van der Waals surface area contributed by atoms with Crippen molar-refractivity contribution < 1.29 is 0 Å². The monoisotopic (exact) mass is 404 g/mol. The molecule has 2 unspecified atom stereocenters. The number of nitrogens with one attached hydrogen (secondary N) is 1. The Morgan fingerprint density at radius 3 is 2.80 bits per heavy atom. The number of hydrogen-bond donors (Lipinski definition) is 1. The van der Waals surface area contributed by atoms with Gasteiger partial charge in [0.25, 0.3) is 0 Å². The molecule has 0 bridgehead atoms. The summed E-state index contributed by atoms with van der Waals surface area (Å²) in [7, 11) is 0. The Labute approximate surface area is 140 Å². The zero-order valence-electron chi connectivity index (χ0n) is 12.1.